The third-order valence-electron chi connectivity index (χ3n) is 2.49. The molecule has 1 aromatic carbocycles. The monoisotopic (exact) mass is 195 g/mol. The Bertz CT molecular complexity index is 296. The van der Waals surface area contributed by atoms with Crippen LogP contribution in [0.15, 0.2) is 18.2 Å². The second-order valence-electron chi connectivity index (χ2n) is 3.56. The van der Waals surface area contributed by atoms with Crippen LogP contribution in [0.2, 0.25) is 0 Å². The zero-order valence-electron chi connectivity index (χ0n) is 8.89. The Morgan fingerprint density at radius 1 is 1.36 bits per heavy atom. The van der Waals surface area contributed by atoms with E-state index in [9.17, 15) is 4.39 Å². The van der Waals surface area contributed by atoms with Crippen molar-refractivity contribution in [3.8, 4) is 0 Å². The Hall–Kier alpha value is -0.890. The van der Waals surface area contributed by atoms with Crippen molar-refractivity contribution in [2.75, 3.05) is 0 Å². The summed E-state index contributed by atoms with van der Waals surface area (Å²) in [6.07, 6.45) is 2.66. The van der Waals surface area contributed by atoms with Gasteiger partial charge in [0.25, 0.3) is 0 Å². The van der Waals surface area contributed by atoms with Gasteiger partial charge in [0.2, 0.25) is 0 Å². The summed E-state index contributed by atoms with van der Waals surface area (Å²) in [6.45, 7) is 4.09. The van der Waals surface area contributed by atoms with Gasteiger partial charge >= 0.3 is 0 Å². The minimum atomic E-state index is -0.162. The Balaban J connectivity index is 3.03. The molecule has 0 aliphatic carbocycles. The summed E-state index contributed by atoms with van der Waals surface area (Å²) >= 11 is 0. The average Bonchev–Trinajstić information content (AvgIpc) is 2.17. The lowest BCUT2D eigenvalue weighted by Crippen LogP contribution is -2.14. The van der Waals surface area contributed by atoms with Crippen molar-refractivity contribution in [1.82, 2.24) is 0 Å². The maximum atomic E-state index is 13.5. The smallest absolute Gasteiger partial charge is 0.128 e. The standard InChI is InChI=1S/C12H18FN/c1-3-6-11(14)12-9(4-2)7-5-8-10(12)13/h5,7-8,11H,3-4,6,14H2,1-2H3. The van der Waals surface area contributed by atoms with Crippen molar-refractivity contribution in [3.63, 3.8) is 0 Å². The van der Waals surface area contributed by atoms with Crippen LogP contribution in [0.25, 0.3) is 0 Å². The second-order valence-corrected chi connectivity index (χ2v) is 3.56. The molecule has 2 heteroatoms. The van der Waals surface area contributed by atoms with Gasteiger partial charge in [0.15, 0.2) is 0 Å². The lowest BCUT2D eigenvalue weighted by molar-refractivity contribution is 0.554. The second kappa shape index (κ2) is 5.11. The maximum Gasteiger partial charge on any atom is 0.128 e. The van der Waals surface area contributed by atoms with Crippen LogP contribution in [0.4, 0.5) is 4.39 Å². The fourth-order valence-electron chi connectivity index (χ4n) is 1.76. The molecule has 1 nitrogen and oxygen atoms in total. The van der Waals surface area contributed by atoms with Gasteiger partial charge in [0.1, 0.15) is 5.82 Å². The molecule has 1 rings (SSSR count). The first-order valence-corrected chi connectivity index (χ1v) is 5.23. The zero-order chi connectivity index (χ0) is 10.6. The average molecular weight is 195 g/mol. The van der Waals surface area contributed by atoms with Crippen LogP contribution in [-0.4, -0.2) is 0 Å². The van der Waals surface area contributed by atoms with E-state index in [4.69, 9.17) is 5.73 Å². The molecule has 0 saturated carbocycles. The zero-order valence-corrected chi connectivity index (χ0v) is 8.89. The summed E-state index contributed by atoms with van der Waals surface area (Å²) in [4.78, 5) is 0. The number of rotatable bonds is 4. The third-order valence-corrected chi connectivity index (χ3v) is 2.49. The third kappa shape index (κ3) is 2.32. The van der Waals surface area contributed by atoms with Crippen molar-refractivity contribution in [3.05, 3.63) is 35.1 Å². The van der Waals surface area contributed by atoms with Crippen LogP contribution in [0.3, 0.4) is 0 Å². The summed E-state index contributed by atoms with van der Waals surface area (Å²) in [5, 5.41) is 0. The van der Waals surface area contributed by atoms with E-state index in [1.54, 1.807) is 6.07 Å². The van der Waals surface area contributed by atoms with Gasteiger partial charge in [0.05, 0.1) is 0 Å². The van der Waals surface area contributed by atoms with Crippen LogP contribution in [0.5, 0.6) is 0 Å². The highest BCUT2D eigenvalue weighted by Crippen LogP contribution is 2.23. The predicted molar refractivity (Wildman–Crippen MR) is 57.6 cm³/mol. The maximum absolute atomic E-state index is 13.5. The molecule has 0 aromatic heterocycles. The van der Waals surface area contributed by atoms with Gasteiger partial charge in [-0.3, -0.25) is 0 Å². The molecular formula is C12H18FN. The van der Waals surface area contributed by atoms with Crippen LogP contribution < -0.4 is 5.73 Å². The van der Waals surface area contributed by atoms with Gasteiger partial charge in [-0.15, -0.1) is 0 Å². The van der Waals surface area contributed by atoms with E-state index in [2.05, 4.69) is 6.92 Å². The molecule has 0 amide bonds. The van der Waals surface area contributed by atoms with Gasteiger partial charge in [-0.1, -0.05) is 32.4 Å². The van der Waals surface area contributed by atoms with Gasteiger partial charge in [-0.2, -0.15) is 0 Å². The van der Waals surface area contributed by atoms with Gasteiger partial charge < -0.3 is 5.73 Å². The first-order chi connectivity index (χ1) is 6.70. The number of hydrogen-bond acceptors (Lipinski definition) is 1. The van der Waals surface area contributed by atoms with E-state index in [-0.39, 0.29) is 11.9 Å². The molecule has 0 saturated heterocycles. The highest BCUT2D eigenvalue weighted by atomic mass is 19.1. The van der Waals surface area contributed by atoms with E-state index in [0.717, 1.165) is 24.8 Å². The quantitative estimate of drug-likeness (QED) is 0.784. The molecule has 2 N–H and O–H groups in total. The summed E-state index contributed by atoms with van der Waals surface area (Å²) in [5.74, 6) is -0.162. The Labute approximate surface area is 85.1 Å². The van der Waals surface area contributed by atoms with E-state index in [0.29, 0.717) is 5.56 Å². The molecule has 78 valence electrons. The van der Waals surface area contributed by atoms with Gasteiger partial charge in [-0.25, -0.2) is 4.39 Å². The molecule has 0 radical (unpaired) electrons. The highest BCUT2D eigenvalue weighted by Gasteiger charge is 2.13. The van der Waals surface area contributed by atoms with E-state index >= 15 is 0 Å². The molecule has 1 aromatic rings. The molecule has 0 heterocycles. The van der Waals surface area contributed by atoms with Crippen molar-refractivity contribution < 1.29 is 4.39 Å². The van der Waals surface area contributed by atoms with E-state index in [1.807, 2.05) is 13.0 Å². The topological polar surface area (TPSA) is 26.0 Å². The molecular weight excluding hydrogens is 177 g/mol. The molecule has 0 aliphatic rings. The first-order valence-electron chi connectivity index (χ1n) is 5.23. The lowest BCUT2D eigenvalue weighted by Gasteiger charge is -2.15. The molecule has 0 aliphatic heterocycles. The Morgan fingerprint density at radius 2 is 2.07 bits per heavy atom. The predicted octanol–water partition coefficient (Wildman–Crippen LogP) is 3.19. The van der Waals surface area contributed by atoms with E-state index < -0.39 is 0 Å². The minimum Gasteiger partial charge on any atom is -0.324 e. The van der Waals surface area contributed by atoms with Crippen LogP contribution in [0.1, 0.15) is 43.9 Å². The number of hydrogen-bond donors (Lipinski definition) is 1. The molecule has 1 unspecified atom stereocenters. The number of halogens is 1. The fourth-order valence-corrected chi connectivity index (χ4v) is 1.76. The van der Waals surface area contributed by atoms with Gasteiger partial charge in [0, 0.05) is 11.6 Å². The van der Waals surface area contributed by atoms with Crippen molar-refractivity contribution >= 4 is 0 Å². The summed E-state index contributed by atoms with van der Waals surface area (Å²) in [6, 6.07) is 5.03. The molecule has 0 spiro atoms. The summed E-state index contributed by atoms with van der Waals surface area (Å²) < 4.78 is 13.5. The van der Waals surface area contributed by atoms with Crippen LogP contribution >= 0.6 is 0 Å². The number of aryl methyl sites for hydroxylation is 1. The van der Waals surface area contributed by atoms with Crippen molar-refractivity contribution in [2.45, 2.75) is 39.2 Å². The fraction of sp³-hybridized carbons (Fsp3) is 0.500. The highest BCUT2D eigenvalue weighted by molar-refractivity contribution is 5.31. The summed E-state index contributed by atoms with van der Waals surface area (Å²) in [7, 11) is 0. The van der Waals surface area contributed by atoms with Gasteiger partial charge in [-0.05, 0) is 24.5 Å². The number of nitrogens with two attached hydrogens (primary N) is 1. The largest absolute Gasteiger partial charge is 0.324 e. The minimum absolute atomic E-state index is 0.156. The van der Waals surface area contributed by atoms with E-state index in [1.165, 1.54) is 6.07 Å². The number of benzene rings is 1. The normalized spacial score (nSPS) is 12.9. The molecule has 1 atom stereocenters. The Kier molecular flexibility index (Phi) is 4.08. The Morgan fingerprint density at radius 3 is 2.64 bits per heavy atom. The lowest BCUT2D eigenvalue weighted by atomic mass is 9.96. The summed E-state index contributed by atoms with van der Waals surface area (Å²) in [5.41, 5.74) is 7.68. The van der Waals surface area contributed by atoms with Crippen molar-refractivity contribution in [2.24, 2.45) is 5.73 Å². The van der Waals surface area contributed by atoms with Crippen molar-refractivity contribution in [1.29, 1.82) is 0 Å². The van der Waals surface area contributed by atoms with Crippen LogP contribution in [-0.2, 0) is 6.42 Å². The molecule has 0 bridgehead atoms. The molecule has 14 heavy (non-hydrogen) atoms. The first kappa shape index (κ1) is 11.2. The molecule has 0 fully saturated rings. The SMILES string of the molecule is CCCC(N)c1c(F)cccc1CC. The van der Waals surface area contributed by atoms with Crippen LogP contribution in [0, 0.1) is 5.82 Å².